The molecule has 6 nitrogen and oxygen atoms in total. The van der Waals surface area contributed by atoms with Crippen molar-refractivity contribution < 1.29 is 9.53 Å². The standard InChI is InChI=1S/C21H24N4O2/c1-25-17-9-8-13(21(26)27-2)12-15(17)19(23-11-5-10-22)18-14-6-3-4-7-16(14)24-20(18)25/h3-4,6-9,12,14,16,24H,5,10-11,22H2,1-2H3. The minimum absolute atomic E-state index is 0.219. The van der Waals surface area contributed by atoms with Gasteiger partial charge >= 0.3 is 5.97 Å². The fraction of sp³-hybridized carbons (Fsp3) is 0.333. The molecule has 0 amide bonds. The Morgan fingerprint density at radius 1 is 1.33 bits per heavy atom. The molecule has 2 unspecified atom stereocenters. The molecule has 140 valence electrons. The number of ether oxygens (including phenoxy) is 1. The number of hydrogen-bond donors (Lipinski definition) is 2. The Bertz CT molecular complexity index is 1030. The van der Waals surface area contributed by atoms with Crippen LogP contribution in [0.4, 0.5) is 5.82 Å². The minimum Gasteiger partial charge on any atom is -0.465 e. The highest BCUT2D eigenvalue weighted by molar-refractivity contribution is 5.95. The van der Waals surface area contributed by atoms with E-state index in [1.807, 2.05) is 19.2 Å². The van der Waals surface area contributed by atoms with Gasteiger partial charge in [-0.25, -0.2) is 4.79 Å². The van der Waals surface area contributed by atoms with E-state index in [9.17, 15) is 4.79 Å². The summed E-state index contributed by atoms with van der Waals surface area (Å²) < 4.78 is 7.05. The van der Waals surface area contributed by atoms with E-state index in [-0.39, 0.29) is 17.9 Å². The number of esters is 1. The monoisotopic (exact) mass is 364 g/mol. The number of fused-ring (bicyclic) bond motifs is 4. The van der Waals surface area contributed by atoms with Crippen LogP contribution in [0.25, 0.3) is 10.9 Å². The zero-order valence-electron chi connectivity index (χ0n) is 15.6. The predicted molar refractivity (Wildman–Crippen MR) is 107 cm³/mol. The first-order valence-electron chi connectivity index (χ1n) is 9.22. The Labute approximate surface area is 158 Å². The average molecular weight is 364 g/mol. The lowest BCUT2D eigenvalue weighted by molar-refractivity contribution is 0.0601. The van der Waals surface area contributed by atoms with E-state index in [1.54, 1.807) is 6.07 Å². The number of benzene rings is 1. The van der Waals surface area contributed by atoms with Gasteiger partial charge in [0, 0.05) is 30.5 Å². The van der Waals surface area contributed by atoms with Crippen LogP contribution in [-0.2, 0) is 11.8 Å². The Hall–Kier alpha value is -2.86. The lowest BCUT2D eigenvalue weighted by atomic mass is 9.91. The molecule has 0 saturated heterocycles. The third kappa shape index (κ3) is 2.86. The van der Waals surface area contributed by atoms with E-state index in [0.29, 0.717) is 18.7 Å². The zero-order chi connectivity index (χ0) is 19.0. The van der Waals surface area contributed by atoms with Gasteiger partial charge in [-0.2, -0.15) is 0 Å². The fourth-order valence-electron chi connectivity index (χ4n) is 3.94. The summed E-state index contributed by atoms with van der Waals surface area (Å²) in [4.78, 5) is 17.0. The first kappa shape index (κ1) is 17.5. The van der Waals surface area contributed by atoms with Crippen LogP contribution in [0, 0.1) is 0 Å². The van der Waals surface area contributed by atoms with Gasteiger partial charge in [-0.05, 0) is 31.2 Å². The van der Waals surface area contributed by atoms with E-state index in [2.05, 4.69) is 34.2 Å². The fourth-order valence-corrected chi connectivity index (χ4v) is 3.94. The summed E-state index contributed by atoms with van der Waals surface area (Å²) in [5.41, 5.74) is 8.40. The molecule has 2 aromatic rings. The summed E-state index contributed by atoms with van der Waals surface area (Å²) in [5.74, 6) is 0.953. The summed E-state index contributed by atoms with van der Waals surface area (Å²) >= 11 is 0. The smallest absolute Gasteiger partial charge is 0.337 e. The molecule has 1 aromatic carbocycles. The Morgan fingerprint density at radius 2 is 2.15 bits per heavy atom. The van der Waals surface area contributed by atoms with Crippen LogP contribution in [0.1, 0.15) is 28.3 Å². The maximum atomic E-state index is 12.1. The highest BCUT2D eigenvalue weighted by atomic mass is 16.5. The maximum Gasteiger partial charge on any atom is 0.337 e. The maximum absolute atomic E-state index is 12.1. The largest absolute Gasteiger partial charge is 0.465 e. The van der Waals surface area contributed by atoms with Gasteiger partial charge in [0.15, 0.2) is 0 Å². The third-order valence-corrected chi connectivity index (χ3v) is 5.28. The quantitative estimate of drug-likeness (QED) is 0.644. The van der Waals surface area contributed by atoms with Gasteiger partial charge in [0.2, 0.25) is 0 Å². The topological polar surface area (TPSA) is 81.6 Å². The SMILES string of the molecule is COC(=O)c1ccc2c(c1)c(=NCCCN)c1c(n2C)NC2C=CC=CC12. The van der Waals surface area contributed by atoms with E-state index in [1.165, 1.54) is 12.7 Å². The van der Waals surface area contributed by atoms with Gasteiger partial charge in [-0.15, -0.1) is 0 Å². The van der Waals surface area contributed by atoms with Gasteiger partial charge in [0.25, 0.3) is 0 Å². The number of aryl methyl sites for hydroxylation is 1. The van der Waals surface area contributed by atoms with Gasteiger partial charge in [0.1, 0.15) is 5.82 Å². The molecule has 0 fully saturated rings. The molecule has 0 radical (unpaired) electrons. The zero-order valence-corrected chi connectivity index (χ0v) is 15.6. The molecule has 27 heavy (non-hydrogen) atoms. The van der Waals surface area contributed by atoms with Gasteiger partial charge in [0.05, 0.1) is 29.6 Å². The highest BCUT2D eigenvalue weighted by Crippen LogP contribution is 2.38. The predicted octanol–water partition coefficient (Wildman–Crippen LogP) is 2.22. The van der Waals surface area contributed by atoms with Crippen LogP contribution in [0.5, 0.6) is 0 Å². The highest BCUT2D eigenvalue weighted by Gasteiger charge is 2.33. The molecule has 1 aliphatic carbocycles. The second-order valence-corrected chi connectivity index (χ2v) is 6.88. The van der Waals surface area contributed by atoms with Crippen LogP contribution in [0.2, 0.25) is 0 Å². The van der Waals surface area contributed by atoms with Crippen molar-refractivity contribution in [3.63, 3.8) is 0 Å². The van der Waals surface area contributed by atoms with Crippen molar-refractivity contribution in [3.05, 3.63) is 59.0 Å². The van der Waals surface area contributed by atoms with Crippen LogP contribution < -0.4 is 16.4 Å². The van der Waals surface area contributed by atoms with E-state index < -0.39 is 0 Å². The lowest BCUT2D eigenvalue weighted by Crippen LogP contribution is -2.21. The third-order valence-electron chi connectivity index (χ3n) is 5.28. The number of nitrogens with zero attached hydrogens (tertiary/aromatic N) is 2. The summed E-state index contributed by atoms with van der Waals surface area (Å²) in [7, 11) is 3.44. The molecule has 6 heteroatoms. The molecule has 0 saturated carbocycles. The van der Waals surface area contributed by atoms with Crippen molar-refractivity contribution in [1.82, 2.24) is 4.57 Å². The first-order valence-corrected chi connectivity index (χ1v) is 9.22. The van der Waals surface area contributed by atoms with Crippen molar-refractivity contribution >= 4 is 22.7 Å². The van der Waals surface area contributed by atoms with Crippen molar-refractivity contribution in [1.29, 1.82) is 0 Å². The summed E-state index contributed by atoms with van der Waals surface area (Å²) in [6, 6.07) is 5.86. The molecule has 0 spiro atoms. The van der Waals surface area contributed by atoms with Gasteiger partial charge in [-0.1, -0.05) is 24.3 Å². The Kier molecular flexibility index (Phi) is 4.58. The Balaban J connectivity index is 2.02. The number of aromatic nitrogens is 1. The number of methoxy groups -OCH3 is 1. The molecule has 1 aliphatic heterocycles. The lowest BCUT2D eigenvalue weighted by Gasteiger charge is -2.16. The number of nitrogens with one attached hydrogen (secondary N) is 1. The number of allylic oxidation sites excluding steroid dienone is 2. The van der Waals surface area contributed by atoms with Crippen molar-refractivity contribution in [2.24, 2.45) is 17.8 Å². The number of hydrogen-bond acceptors (Lipinski definition) is 5. The normalized spacial score (nSPS) is 20.5. The molecular formula is C21H24N4O2. The van der Waals surface area contributed by atoms with Gasteiger partial charge < -0.3 is 20.4 Å². The van der Waals surface area contributed by atoms with Crippen molar-refractivity contribution in [2.75, 3.05) is 25.5 Å². The van der Waals surface area contributed by atoms with Crippen LogP contribution in [-0.4, -0.2) is 36.8 Å². The van der Waals surface area contributed by atoms with Crippen LogP contribution in [0.15, 0.2) is 47.5 Å². The minimum atomic E-state index is -0.343. The Morgan fingerprint density at radius 3 is 2.93 bits per heavy atom. The van der Waals surface area contributed by atoms with Crippen LogP contribution in [0.3, 0.4) is 0 Å². The molecule has 2 atom stereocenters. The molecule has 1 aromatic heterocycles. The molecule has 2 heterocycles. The number of carbonyl (C=O) groups excluding carboxylic acids is 1. The molecule has 2 aliphatic rings. The number of pyridine rings is 1. The van der Waals surface area contributed by atoms with Crippen LogP contribution >= 0.6 is 0 Å². The number of rotatable bonds is 4. The second kappa shape index (κ2) is 7.04. The number of carbonyl (C=O) groups is 1. The van der Waals surface area contributed by atoms with E-state index in [0.717, 1.165) is 28.5 Å². The van der Waals surface area contributed by atoms with Gasteiger partial charge in [-0.3, -0.25) is 4.99 Å². The molecule has 0 bridgehead atoms. The molecular weight excluding hydrogens is 340 g/mol. The molecule has 3 N–H and O–H groups in total. The van der Waals surface area contributed by atoms with Crippen molar-refractivity contribution in [2.45, 2.75) is 18.4 Å². The number of anilines is 1. The summed E-state index contributed by atoms with van der Waals surface area (Å²) in [6.07, 6.45) is 9.36. The first-order chi connectivity index (χ1) is 13.2. The summed E-state index contributed by atoms with van der Waals surface area (Å²) in [5, 5.41) is 5.53. The van der Waals surface area contributed by atoms with E-state index in [4.69, 9.17) is 15.5 Å². The van der Waals surface area contributed by atoms with Crippen molar-refractivity contribution in [3.8, 4) is 0 Å². The second-order valence-electron chi connectivity index (χ2n) is 6.88. The average Bonchev–Trinajstić information content (AvgIpc) is 3.09. The number of nitrogens with two attached hydrogens (primary N) is 1. The molecule has 4 rings (SSSR count). The van der Waals surface area contributed by atoms with E-state index >= 15 is 0 Å². The summed E-state index contributed by atoms with van der Waals surface area (Å²) in [6.45, 7) is 1.26.